The molecule has 0 aromatic rings. The molecule has 2 heterocycles. The number of methoxy groups -OCH3 is 1. The average molecular weight is 296 g/mol. The summed E-state index contributed by atoms with van der Waals surface area (Å²) in [6.45, 7) is 4.18. The Morgan fingerprint density at radius 3 is 2.95 bits per heavy atom. The molecule has 5 nitrogen and oxygen atoms in total. The number of carbonyl (C=O) groups is 1. The standard InChI is InChI=1S/C16H28N2O3/c1-20-11-9-18-8-6-14-16(12-18,7-10-21-14)15(19)17-13-4-2-3-5-13/h13-14H,2-12H2,1H3,(H,17,19)/t14-,16-/m1/s1. The van der Waals surface area contributed by atoms with E-state index in [-0.39, 0.29) is 17.4 Å². The van der Waals surface area contributed by atoms with Crippen LogP contribution in [0, 0.1) is 5.41 Å². The van der Waals surface area contributed by atoms with Crippen LogP contribution in [0.2, 0.25) is 0 Å². The lowest BCUT2D eigenvalue weighted by molar-refractivity contribution is -0.140. The van der Waals surface area contributed by atoms with E-state index >= 15 is 0 Å². The molecule has 0 radical (unpaired) electrons. The van der Waals surface area contributed by atoms with Gasteiger partial charge in [-0.05, 0) is 25.7 Å². The van der Waals surface area contributed by atoms with Crippen molar-refractivity contribution in [1.29, 1.82) is 0 Å². The molecular formula is C16H28N2O3. The summed E-state index contributed by atoms with van der Waals surface area (Å²) >= 11 is 0. The maximum absolute atomic E-state index is 12.9. The summed E-state index contributed by atoms with van der Waals surface area (Å²) in [4.78, 5) is 15.3. The Bertz CT molecular complexity index is 371. The SMILES string of the molecule is COCCN1CC[C@H]2OCC[C@@]2(C(=O)NC2CCCC2)C1. The molecule has 21 heavy (non-hydrogen) atoms. The summed E-state index contributed by atoms with van der Waals surface area (Å²) in [7, 11) is 1.73. The second kappa shape index (κ2) is 6.63. The van der Waals surface area contributed by atoms with Crippen molar-refractivity contribution >= 4 is 5.91 Å². The van der Waals surface area contributed by atoms with Crippen molar-refractivity contribution in [2.75, 3.05) is 40.0 Å². The van der Waals surface area contributed by atoms with Crippen molar-refractivity contribution in [3.05, 3.63) is 0 Å². The molecule has 2 atom stereocenters. The summed E-state index contributed by atoms with van der Waals surface area (Å²) in [5, 5.41) is 3.31. The van der Waals surface area contributed by atoms with Crippen LogP contribution >= 0.6 is 0 Å². The molecule has 0 aromatic heterocycles. The fourth-order valence-corrected chi connectivity index (χ4v) is 4.16. The molecule has 0 unspecified atom stereocenters. The van der Waals surface area contributed by atoms with Gasteiger partial charge in [-0.1, -0.05) is 12.8 Å². The van der Waals surface area contributed by atoms with Gasteiger partial charge in [0, 0.05) is 39.4 Å². The smallest absolute Gasteiger partial charge is 0.230 e. The first kappa shape index (κ1) is 15.3. The number of fused-ring (bicyclic) bond motifs is 1. The average Bonchev–Trinajstić information content (AvgIpc) is 3.14. The van der Waals surface area contributed by atoms with Crippen LogP contribution in [0.3, 0.4) is 0 Å². The highest BCUT2D eigenvalue weighted by Crippen LogP contribution is 2.41. The van der Waals surface area contributed by atoms with Gasteiger partial charge in [-0.25, -0.2) is 0 Å². The minimum Gasteiger partial charge on any atom is -0.383 e. The number of carbonyl (C=O) groups excluding carboxylic acids is 1. The van der Waals surface area contributed by atoms with Gasteiger partial charge in [0.25, 0.3) is 0 Å². The van der Waals surface area contributed by atoms with Gasteiger partial charge in [0.15, 0.2) is 0 Å². The molecule has 1 aliphatic carbocycles. The molecular weight excluding hydrogens is 268 g/mol. The van der Waals surface area contributed by atoms with Crippen LogP contribution in [0.15, 0.2) is 0 Å². The minimum atomic E-state index is -0.325. The third-order valence-electron chi connectivity index (χ3n) is 5.45. The summed E-state index contributed by atoms with van der Waals surface area (Å²) < 4.78 is 11.1. The summed E-state index contributed by atoms with van der Waals surface area (Å²) in [5.41, 5.74) is -0.325. The van der Waals surface area contributed by atoms with Crippen LogP contribution < -0.4 is 5.32 Å². The Labute approximate surface area is 127 Å². The van der Waals surface area contributed by atoms with Gasteiger partial charge in [-0.3, -0.25) is 9.69 Å². The van der Waals surface area contributed by atoms with E-state index < -0.39 is 0 Å². The maximum Gasteiger partial charge on any atom is 0.230 e. The van der Waals surface area contributed by atoms with Gasteiger partial charge in [0.1, 0.15) is 0 Å². The highest BCUT2D eigenvalue weighted by atomic mass is 16.5. The van der Waals surface area contributed by atoms with E-state index in [2.05, 4.69) is 10.2 Å². The van der Waals surface area contributed by atoms with Gasteiger partial charge >= 0.3 is 0 Å². The third-order valence-corrected chi connectivity index (χ3v) is 5.45. The van der Waals surface area contributed by atoms with E-state index in [9.17, 15) is 4.79 Å². The van der Waals surface area contributed by atoms with Crippen molar-refractivity contribution in [2.24, 2.45) is 5.41 Å². The minimum absolute atomic E-state index is 0.109. The number of rotatable bonds is 5. The van der Waals surface area contributed by atoms with E-state index in [1.807, 2.05) is 0 Å². The largest absolute Gasteiger partial charge is 0.383 e. The summed E-state index contributed by atoms with van der Waals surface area (Å²) in [6, 6.07) is 0.391. The zero-order valence-electron chi connectivity index (χ0n) is 13.1. The maximum atomic E-state index is 12.9. The Hall–Kier alpha value is -0.650. The lowest BCUT2D eigenvalue weighted by atomic mass is 9.75. The van der Waals surface area contributed by atoms with Crippen LogP contribution in [0.5, 0.6) is 0 Å². The number of nitrogens with zero attached hydrogens (tertiary/aromatic N) is 1. The quantitative estimate of drug-likeness (QED) is 0.827. The first-order valence-electron chi connectivity index (χ1n) is 8.38. The molecule has 3 fully saturated rings. The molecule has 2 aliphatic heterocycles. The number of hydrogen-bond donors (Lipinski definition) is 1. The number of piperidine rings is 1. The molecule has 3 aliphatic rings. The van der Waals surface area contributed by atoms with Crippen LogP contribution in [0.4, 0.5) is 0 Å². The van der Waals surface area contributed by atoms with Gasteiger partial charge in [-0.2, -0.15) is 0 Å². The normalized spacial score (nSPS) is 34.0. The van der Waals surface area contributed by atoms with Crippen molar-refractivity contribution in [3.63, 3.8) is 0 Å². The molecule has 1 amide bonds. The van der Waals surface area contributed by atoms with E-state index in [1.165, 1.54) is 12.8 Å². The number of amides is 1. The monoisotopic (exact) mass is 296 g/mol. The first-order valence-corrected chi connectivity index (χ1v) is 8.38. The summed E-state index contributed by atoms with van der Waals surface area (Å²) in [5.74, 6) is 0.235. The van der Waals surface area contributed by atoms with Gasteiger partial charge in [-0.15, -0.1) is 0 Å². The Morgan fingerprint density at radius 1 is 1.38 bits per heavy atom. The highest BCUT2D eigenvalue weighted by molar-refractivity contribution is 5.84. The molecule has 0 bridgehead atoms. The highest BCUT2D eigenvalue weighted by Gasteiger charge is 2.53. The zero-order valence-corrected chi connectivity index (χ0v) is 13.1. The predicted octanol–water partition coefficient (Wildman–Crippen LogP) is 1.17. The Morgan fingerprint density at radius 2 is 2.19 bits per heavy atom. The van der Waals surface area contributed by atoms with Crippen LogP contribution in [-0.4, -0.2) is 62.9 Å². The molecule has 120 valence electrons. The van der Waals surface area contributed by atoms with Crippen molar-refractivity contribution < 1.29 is 14.3 Å². The van der Waals surface area contributed by atoms with Gasteiger partial charge in [0.05, 0.1) is 18.1 Å². The van der Waals surface area contributed by atoms with E-state index in [4.69, 9.17) is 9.47 Å². The molecule has 0 aromatic carbocycles. The first-order chi connectivity index (χ1) is 10.2. The van der Waals surface area contributed by atoms with E-state index in [1.54, 1.807) is 7.11 Å². The lowest BCUT2D eigenvalue weighted by Gasteiger charge is -2.42. The van der Waals surface area contributed by atoms with Gasteiger partial charge in [0.2, 0.25) is 5.91 Å². The Kier molecular flexibility index (Phi) is 4.82. The molecule has 5 heteroatoms. The van der Waals surface area contributed by atoms with E-state index in [0.717, 1.165) is 58.5 Å². The van der Waals surface area contributed by atoms with Crippen molar-refractivity contribution in [3.8, 4) is 0 Å². The molecule has 1 N–H and O–H groups in total. The van der Waals surface area contributed by atoms with Crippen LogP contribution in [0.25, 0.3) is 0 Å². The predicted molar refractivity (Wildman–Crippen MR) is 80.1 cm³/mol. The fourth-order valence-electron chi connectivity index (χ4n) is 4.16. The van der Waals surface area contributed by atoms with Crippen molar-refractivity contribution in [2.45, 2.75) is 50.7 Å². The fraction of sp³-hybridized carbons (Fsp3) is 0.938. The number of nitrogens with one attached hydrogen (secondary N) is 1. The van der Waals surface area contributed by atoms with Crippen LogP contribution in [-0.2, 0) is 14.3 Å². The zero-order chi connectivity index (χ0) is 14.7. The van der Waals surface area contributed by atoms with Crippen LogP contribution in [0.1, 0.15) is 38.5 Å². The molecule has 0 spiro atoms. The van der Waals surface area contributed by atoms with Gasteiger partial charge < -0.3 is 14.8 Å². The third kappa shape index (κ3) is 3.10. The lowest BCUT2D eigenvalue weighted by Crippen LogP contribution is -2.58. The second-order valence-corrected chi connectivity index (χ2v) is 6.78. The Balaban J connectivity index is 1.66. The topological polar surface area (TPSA) is 50.8 Å². The summed E-state index contributed by atoms with van der Waals surface area (Å²) in [6.07, 6.45) is 6.70. The molecule has 3 rings (SSSR count). The molecule has 1 saturated carbocycles. The second-order valence-electron chi connectivity index (χ2n) is 6.78. The number of ether oxygens (including phenoxy) is 2. The number of likely N-dealkylation sites (tertiary alicyclic amines) is 1. The number of hydrogen-bond acceptors (Lipinski definition) is 4. The molecule has 2 saturated heterocycles. The van der Waals surface area contributed by atoms with E-state index in [0.29, 0.717) is 6.04 Å². The van der Waals surface area contributed by atoms with Crippen molar-refractivity contribution in [1.82, 2.24) is 10.2 Å².